The minimum absolute atomic E-state index is 0.370. The first kappa shape index (κ1) is 13.2. The minimum atomic E-state index is -4.42. The van der Waals surface area contributed by atoms with Crippen LogP contribution in [0.25, 0.3) is 10.6 Å². The van der Waals surface area contributed by atoms with Gasteiger partial charge in [-0.1, -0.05) is 12.2 Å². The van der Waals surface area contributed by atoms with Gasteiger partial charge < -0.3 is 0 Å². The highest BCUT2D eigenvalue weighted by molar-refractivity contribution is 7.71. The highest BCUT2D eigenvalue weighted by Crippen LogP contribution is 2.36. The first-order valence-electron chi connectivity index (χ1n) is 4.90. The third kappa shape index (κ3) is 2.30. The molecule has 3 nitrogen and oxygen atoms in total. The summed E-state index contributed by atoms with van der Waals surface area (Å²) >= 11 is 5.57. The van der Waals surface area contributed by atoms with Gasteiger partial charge in [0.2, 0.25) is 0 Å². The third-order valence-electron chi connectivity index (χ3n) is 2.51. The van der Waals surface area contributed by atoms with Crippen molar-refractivity contribution in [3.05, 3.63) is 27.0 Å². The number of nitrogens with zero attached hydrogens (tertiary/aromatic N) is 2. The highest BCUT2D eigenvalue weighted by Gasteiger charge is 2.34. The first-order valence-corrected chi connectivity index (χ1v) is 6.12. The van der Waals surface area contributed by atoms with Gasteiger partial charge in [-0.25, -0.2) is 4.98 Å². The number of thiazole rings is 1. The molecule has 0 bridgehead atoms. The Bertz CT molecular complexity index is 643. The van der Waals surface area contributed by atoms with Gasteiger partial charge in [-0.2, -0.15) is 18.3 Å². The molecule has 2 aromatic heterocycles. The van der Waals surface area contributed by atoms with E-state index in [0.717, 1.165) is 11.1 Å². The zero-order valence-electron chi connectivity index (χ0n) is 9.42. The van der Waals surface area contributed by atoms with Crippen LogP contribution in [0.2, 0.25) is 0 Å². The van der Waals surface area contributed by atoms with Crippen LogP contribution in [0.3, 0.4) is 0 Å². The van der Waals surface area contributed by atoms with Crippen LogP contribution < -0.4 is 0 Å². The minimum Gasteiger partial charge on any atom is -0.267 e. The third-order valence-corrected chi connectivity index (χ3v) is 3.96. The van der Waals surface area contributed by atoms with Crippen molar-refractivity contribution in [2.45, 2.75) is 20.0 Å². The molecule has 0 radical (unpaired) electrons. The summed E-state index contributed by atoms with van der Waals surface area (Å²) in [6.07, 6.45) is -3.24. The van der Waals surface area contributed by atoms with Crippen LogP contribution in [0.5, 0.6) is 0 Å². The number of hydrogen-bond acceptors (Lipinski definition) is 4. The van der Waals surface area contributed by atoms with Crippen LogP contribution in [0, 0.1) is 18.5 Å². The number of aromatic amines is 1. The smallest absolute Gasteiger partial charge is 0.267 e. The number of H-pyrrole nitrogens is 1. The van der Waals surface area contributed by atoms with Crippen LogP contribution in [0.4, 0.5) is 13.2 Å². The SMILES string of the molecule is Cc1c(-c2cnc(C(F)(F)F)s2)n[nH]c(=S)c1C. The van der Waals surface area contributed by atoms with Gasteiger partial charge in [0, 0.05) is 6.20 Å². The van der Waals surface area contributed by atoms with Crippen molar-refractivity contribution in [1.82, 2.24) is 15.2 Å². The summed E-state index contributed by atoms with van der Waals surface area (Å²) in [7, 11) is 0. The van der Waals surface area contributed by atoms with Gasteiger partial charge in [-0.15, -0.1) is 11.3 Å². The number of rotatable bonds is 1. The second-order valence-corrected chi connectivity index (χ2v) is 5.12. The molecule has 0 aliphatic carbocycles. The molecule has 0 saturated heterocycles. The lowest BCUT2D eigenvalue weighted by Gasteiger charge is -2.04. The second kappa shape index (κ2) is 4.43. The average Bonchev–Trinajstić information content (AvgIpc) is 2.75. The van der Waals surface area contributed by atoms with Crippen molar-refractivity contribution >= 4 is 23.6 Å². The lowest BCUT2D eigenvalue weighted by atomic mass is 10.1. The van der Waals surface area contributed by atoms with Crippen molar-refractivity contribution in [1.29, 1.82) is 0 Å². The standard InChI is InChI=1S/C10H8F3N3S2/c1-4-5(2)8(17)16-15-7(4)6-3-14-9(18-6)10(11,12)13/h3H,1-2H3,(H,16,17). The van der Waals surface area contributed by atoms with E-state index in [1.165, 1.54) is 6.20 Å². The quantitative estimate of drug-likeness (QED) is 0.810. The predicted molar refractivity (Wildman–Crippen MR) is 65.0 cm³/mol. The Morgan fingerprint density at radius 1 is 1.28 bits per heavy atom. The van der Waals surface area contributed by atoms with Crippen LogP contribution >= 0.6 is 23.6 Å². The van der Waals surface area contributed by atoms with Crippen molar-refractivity contribution in [2.24, 2.45) is 0 Å². The predicted octanol–water partition coefficient (Wildman–Crippen LogP) is 3.90. The zero-order chi connectivity index (χ0) is 13.5. The number of hydrogen-bond donors (Lipinski definition) is 1. The molecule has 0 aromatic carbocycles. The molecular weight excluding hydrogens is 283 g/mol. The van der Waals surface area contributed by atoms with Crippen LogP contribution in [0.15, 0.2) is 6.20 Å². The average molecular weight is 291 g/mol. The highest BCUT2D eigenvalue weighted by atomic mass is 32.1. The number of aromatic nitrogens is 3. The number of nitrogens with one attached hydrogen (secondary N) is 1. The summed E-state index contributed by atoms with van der Waals surface area (Å²) in [6.45, 7) is 3.57. The molecule has 96 valence electrons. The molecule has 0 spiro atoms. The van der Waals surface area contributed by atoms with Crippen LogP contribution in [-0.4, -0.2) is 15.2 Å². The van der Waals surface area contributed by atoms with Crippen molar-refractivity contribution in [2.75, 3.05) is 0 Å². The summed E-state index contributed by atoms with van der Waals surface area (Å²) in [5.41, 5.74) is 2.02. The Labute approximate surface area is 110 Å². The number of alkyl halides is 3. The lowest BCUT2D eigenvalue weighted by molar-refractivity contribution is -0.137. The van der Waals surface area contributed by atoms with Crippen molar-refractivity contribution in [3.63, 3.8) is 0 Å². The maximum Gasteiger partial charge on any atom is 0.443 e. The van der Waals surface area contributed by atoms with E-state index >= 15 is 0 Å². The molecule has 0 aliphatic rings. The molecule has 0 atom stereocenters. The Morgan fingerprint density at radius 2 is 1.94 bits per heavy atom. The molecule has 0 saturated carbocycles. The monoisotopic (exact) mass is 291 g/mol. The Hall–Kier alpha value is -1.28. The fourth-order valence-electron chi connectivity index (χ4n) is 1.38. The van der Waals surface area contributed by atoms with Gasteiger partial charge in [-0.3, -0.25) is 5.10 Å². The molecule has 18 heavy (non-hydrogen) atoms. The van der Waals surface area contributed by atoms with E-state index in [1.54, 1.807) is 13.8 Å². The van der Waals surface area contributed by atoms with E-state index < -0.39 is 11.2 Å². The van der Waals surface area contributed by atoms with Crippen LogP contribution in [0.1, 0.15) is 16.1 Å². The summed E-state index contributed by atoms with van der Waals surface area (Å²) in [4.78, 5) is 3.74. The molecule has 1 N–H and O–H groups in total. The van der Waals surface area contributed by atoms with E-state index in [9.17, 15) is 13.2 Å². The molecule has 2 heterocycles. The topological polar surface area (TPSA) is 41.6 Å². The maximum atomic E-state index is 12.5. The molecule has 2 aromatic rings. The Morgan fingerprint density at radius 3 is 2.50 bits per heavy atom. The van der Waals surface area contributed by atoms with E-state index in [1.807, 2.05) is 0 Å². The van der Waals surface area contributed by atoms with E-state index in [-0.39, 0.29) is 0 Å². The second-order valence-electron chi connectivity index (χ2n) is 3.68. The summed E-state index contributed by atoms with van der Waals surface area (Å²) in [6, 6.07) is 0. The Kier molecular flexibility index (Phi) is 3.24. The van der Waals surface area contributed by atoms with Gasteiger partial charge in [0.15, 0.2) is 5.01 Å². The fourth-order valence-corrected chi connectivity index (χ4v) is 2.41. The van der Waals surface area contributed by atoms with Crippen LogP contribution in [-0.2, 0) is 6.18 Å². The molecular formula is C10H8F3N3S2. The molecule has 0 fully saturated rings. The van der Waals surface area contributed by atoms with E-state index in [4.69, 9.17) is 12.2 Å². The fraction of sp³-hybridized carbons (Fsp3) is 0.300. The van der Waals surface area contributed by atoms with E-state index in [0.29, 0.717) is 26.5 Å². The van der Waals surface area contributed by atoms with Gasteiger partial charge in [0.25, 0.3) is 0 Å². The molecule has 8 heteroatoms. The van der Waals surface area contributed by atoms with Crippen molar-refractivity contribution < 1.29 is 13.2 Å². The molecule has 2 rings (SSSR count). The largest absolute Gasteiger partial charge is 0.443 e. The maximum absolute atomic E-state index is 12.5. The van der Waals surface area contributed by atoms with Gasteiger partial charge in [0.05, 0.1) is 4.88 Å². The van der Waals surface area contributed by atoms with Gasteiger partial charge >= 0.3 is 6.18 Å². The molecule has 0 unspecified atom stereocenters. The molecule has 0 aliphatic heterocycles. The number of halogens is 3. The molecule has 0 amide bonds. The van der Waals surface area contributed by atoms with Gasteiger partial charge in [0.1, 0.15) is 10.3 Å². The van der Waals surface area contributed by atoms with Crippen molar-refractivity contribution in [3.8, 4) is 10.6 Å². The summed E-state index contributed by atoms with van der Waals surface area (Å²) < 4.78 is 37.9. The lowest BCUT2D eigenvalue weighted by Crippen LogP contribution is -2.02. The normalized spacial score (nSPS) is 11.8. The van der Waals surface area contributed by atoms with Gasteiger partial charge in [-0.05, 0) is 25.0 Å². The summed E-state index contributed by atoms with van der Waals surface area (Å²) in [5.74, 6) is 0. The summed E-state index contributed by atoms with van der Waals surface area (Å²) in [5, 5.41) is 5.72. The Balaban J connectivity index is 2.54. The van der Waals surface area contributed by atoms with E-state index in [2.05, 4.69) is 15.2 Å². The zero-order valence-corrected chi connectivity index (χ0v) is 11.1. The first-order chi connectivity index (χ1) is 8.30.